The fraction of sp³-hybridized carbons (Fsp3) is 0.450. The van der Waals surface area contributed by atoms with E-state index in [4.69, 9.17) is 4.42 Å². The second-order valence-electron chi connectivity index (χ2n) is 7.57. The summed E-state index contributed by atoms with van der Waals surface area (Å²) in [6.07, 6.45) is 2.47. The number of hydrogen-bond acceptors (Lipinski definition) is 6. The van der Waals surface area contributed by atoms with Crippen LogP contribution in [0, 0.1) is 0 Å². The van der Waals surface area contributed by atoms with E-state index >= 15 is 0 Å². The second-order valence-corrected chi connectivity index (χ2v) is 9.80. The molecular formula is C20H23N3O5S. The van der Waals surface area contributed by atoms with Crippen molar-refractivity contribution in [3.63, 3.8) is 0 Å². The maximum Gasteiger partial charge on any atom is 0.297 e. The molecule has 2 aromatic heterocycles. The van der Waals surface area contributed by atoms with Crippen LogP contribution in [0.15, 0.2) is 39.8 Å². The Morgan fingerprint density at radius 1 is 1.38 bits per heavy atom. The van der Waals surface area contributed by atoms with Crippen molar-refractivity contribution in [3.8, 4) is 0 Å². The fourth-order valence-corrected chi connectivity index (χ4v) is 5.67. The van der Waals surface area contributed by atoms with Crippen LogP contribution in [0.1, 0.15) is 26.7 Å². The zero-order valence-corrected chi connectivity index (χ0v) is 17.2. The van der Waals surface area contributed by atoms with Gasteiger partial charge in [0.15, 0.2) is 9.84 Å². The molecule has 29 heavy (non-hydrogen) atoms. The van der Waals surface area contributed by atoms with E-state index in [0.717, 1.165) is 5.39 Å². The van der Waals surface area contributed by atoms with Crippen LogP contribution in [-0.4, -0.2) is 52.4 Å². The molecule has 0 aliphatic carbocycles. The summed E-state index contributed by atoms with van der Waals surface area (Å²) in [7, 11) is -3.13. The molecule has 1 aliphatic heterocycles. The topological polar surface area (TPSA) is 102 Å². The normalized spacial score (nSPS) is 19.6. The summed E-state index contributed by atoms with van der Waals surface area (Å²) >= 11 is 0. The molecule has 3 aromatic rings. The minimum absolute atomic E-state index is 0.0289. The molecule has 0 bridgehead atoms. The molecule has 1 aromatic carbocycles. The van der Waals surface area contributed by atoms with Gasteiger partial charge >= 0.3 is 0 Å². The number of rotatable bonds is 5. The van der Waals surface area contributed by atoms with Crippen molar-refractivity contribution in [1.29, 1.82) is 0 Å². The first-order valence-corrected chi connectivity index (χ1v) is 11.5. The van der Waals surface area contributed by atoms with Gasteiger partial charge in [-0.15, -0.1) is 0 Å². The predicted octanol–water partition coefficient (Wildman–Crippen LogP) is 1.96. The van der Waals surface area contributed by atoms with Crippen LogP contribution >= 0.6 is 0 Å². The van der Waals surface area contributed by atoms with Gasteiger partial charge in [-0.25, -0.2) is 13.4 Å². The van der Waals surface area contributed by atoms with Gasteiger partial charge in [0.2, 0.25) is 11.5 Å². The standard InChI is InChI=1S/C20H23N3O5S/c1-3-13(2)23(14-8-9-29(26,27)11-14)17(24)10-22-12-21-18-15-6-4-5-7-16(15)28-19(18)20(22)25/h4-7,12-14H,3,8-11H2,1-2H3/t13-,14-/m1/s1. The molecule has 154 valence electrons. The fourth-order valence-electron chi connectivity index (χ4n) is 3.96. The summed E-state index contributed by atoms with van der Waals surface area (Å²) < 4.78 is 30.7. The van der Waals surface area contributed by atoms with Crippen molar-refractivity contribution >= 4 is 37.8 Å². The third-order valence-electron chi connectivity index (χ3n) is 5.61. The highest BCUT2D eigenvalue weighted by atomic mass is 32.2. The number of carbonyl (C=O) groups is 1. The smallest absolute Gasteiger partial charge is 0.297 e. The molecule has 0 unspecified atom stereocenters. The van der Waals surface area contributed by atoms with E-state index in [0.29, 0.717) is 23.9 Å². The third-order valence-corrected chi connectivity index (χ3v) is 7.36. The van der Waals surface area contributed by atoms with E-state index in [-0.39, 0.29) is 41.6 Å². The van der Waals surface area contributed by atoms with E-state index in [1.165, 1.54) is 10.9 Å². The Morgan fingerprint density at radius 2 is 2.14 bits per heavy atom. The lowest BCUT2D eigenvalue weighted by molar-refractivity contribution is -0.136. The minimum Gasteiger partial charge on any atom is -0.448 e. The van der Waals surface area contributed by atoms with Crippen LogP contribution in [-0.2, 0) is 21.2 Å². The van der Waals surface area contributed by atoms with E-state index in [1.807, 2.05) is 32.0 Å². The van der Waals surface area contributed by atoms with Gasteiger partial charge in [0.25, 0.3) is 5.56 Å². The number of fused-ring (bicyclic) bond motifs is 3. The van der Waals surface area contributed by atoms with Gasteiger partial charge in [-0.2, -0.15) is 0 Å². The number of carbonyl (C=O) groups excluding carboxylic acids is 1. The van der Waals surface area contributed by atoms with E-state index in [9.17, 15) is 18.0 Å². The van der Waals surface area contributed by atoms with Gasteiger partial charge in [0.05, 0.1) is 17.8 Å². The van der Waals surface area contributed by atoms with Crippen molar-refractivity contribution in [2.45, 2.75) is 45.3 Å². The Balaban J connectivity index is 1.67. The highest BCUT2D eigenvalue weighted by Crippen LogP contribution is 2.25. The Morgan fingerprint density at radius 3 is 2.83 bits per heavy atom. The van der Waals surface area contributed by atoms with Crippen LogP contribution in [0.25, 0.3) is 22.1 Å². The Kier molecular flexibility index (Phi) is 4.94. The molecule has 0 saturated carbocycles. The molecule has 0 spiro atoms. The molecule has 2 atom stereocenters. The van der Waals surface area contributed by atoms with Crippen LogP contribution in [0.3, 0.4) is 0 Å². The highest BCUT2D eigenvalue weighted by Gasteiger charge is 2.36. The monoisotopic (exact) mass is 417 g/mol. The van der Waals surface area contributed by atoms with Crippen molar-refractivity contribution in [3.05, 3.63) is 40.9 Å². The zero-order chi connectivity index (χ0) is 20.8. The molecule has 1 fully saturated rings. The number of para-hydroxylation sites is 1. The van der Waals surface area contributed by atoms with Gasteiger partial charge in [-0.3, -0.25) is 14.2 Å². The second kappa shape index (κ2) is 7.29. The lowest BCUT2D eigenvalue weighted by Gasteiger charge is -2.33. The maximum atomic E-state index is 13.1. The van der Waals surface area contributed by atoms with Crippen molar-refractivity contribution in [2.75, 3.05) is 11.5 Å². The van der Waals surface area contributed by atoms with Crippen LogP contribution < -0.4 is 5.56 Å². The van der Waals surface area contributed by atoms with E-state index < -0.39 is 15.4 Å². The molecule has 0 N–H and O–H groups in total. The summed E-state index contributed by atoms with van der Waals surface area (Å²) in [6.45, 7) is 3.63. The Labute approximate surface area is 168 Å². The molecule has 9 heteroatoms. The number of hydrogen-bond donors (Lipinski definition) is 0. The number of sulfone groups is 1. The SMILES string of the molecule is CC[C@@H](C)N(C(=O)Cn1cnc2c(oc3ccccc32)c1=O)[C@@H]1CCS(=O)(=O)C1. The van der Waals surface area contributed by atoms with E-state index in [2.05, 4.69) is 4.98 Å². The summed E-state index contributed by atoms with van der Waals surface area (Å²) in [6, 6.07) is 6.76. The van der Waals surface area contributed by atoms with Crippen molar-refractivity contribution in [1.82, 2.24) is 14.5 Å². The highest BCUT2D eigenvalue weighted by molar-refractivity contribution is 7.91. The molecule has 1 amide bonds. The summed E-state index contributed by atoms with van der Waals surface area (Å²) in [5.74, 6) is -0.232. The number of amides is 1. The largest absolute Gasteiger partial charge is 0.448 e. The zero-order valence-electron chi connectivity index (χ0n) is 16.4. The third kappa shape index (κ3) is 3.55. The van der Waals surface area contributed by atoms with E-state index in [1.54, 1.807) is 11.0 Å². The van der Waals surface area contributed by atoms with Crippen molar-refractivity contribution < 1.29 is 17.6 Å². The van der Waals surface area contributed by atoms with Gasteiger partial charge in [0.1, 0.15) is 17.6 Å². The molecule has 0 radical (unpaired) electrons. The molecular weight excluding hydrogens is 394 g/mol. The Hall–Kier alpha value is -2.68. The maximum absolute atomic E-state index is 13.1. The number of nitrogens with zero attached hydrogens (tertiary/aromatic N) is 3. The number of furan rings is 1. The first kappa shape index (κ1) is 19.6. The summed E-state index contributed by atoms with van der Waals surface area (Å²) in [5, 5.41) is 0.746. The van der Waals surface area contributed by atoms with Gasteiger partial charge in [-0.1, -0.05) is 19.1 Å². The molecule has 4 rings (SSSR count). The van der Waals surface area contributed by atoms with Crippen molar-refractivity contribution in [2.24, 2.45) is 0 Å². The van der Waals surface area contributed by atoms with Crippen LogP contribution in [0.2, 0.25) is 0 Å². The van der Waals surface area contributed by atoms with Gasteiger partial charge in [0, 0.05) is 17.5 Å². The van der Waals surface area contributed by atoms with Crippen LogP contribution in [0.5, 0.6) is 0 Å². The average Bonchev–Trinajstić information content (AvgIpc) is 3.24. The summed E-state index contributed by atoms with van der Waals surface area (Å²) in [4.78, 5) is 31.9. The van der Waals surface area contributed by atoms with Gasteiger partial charge < -0.3 is 9.32 Å². The molecule has 8 nitrogen and oxygen atoms in total. The molecule has 1 saturated heterocycles. The van der Waals surface area contributed by atoms with Crippen LogP contribution in [0.4, 0.5) is 0 Å². The number of benzene rings is 1. The minimum atomic E-state index is -3.13. The first-order valence-electron chi connectivity index (χ1n) is 9.69. The quantitative estimate of drug-likeness (QED) is 0.629. The lowest BCUT2D eigenvalue weighted by Crippen LogP contribution is -2.48. The number of aromatic nitrogens is 2. The summed E-state index contributed by atoms with van der Waals surface area (Å²) in [5.41, 5.74) is 0.714. The van der Waals surface area contributed by atoms with Gasteiger partial charge in [-0.05, 0) is 31.9 Å². The lowest BCUT2D eigenvalue weighted by atomic mass is 10.1. The molecule has 3 heterocycles. The Bertz CT molecular complexity index is 1240. The average molecular weight is 417 g/mol. The predicted molar refractivity (Wildman–Crippen MR) is 109 cm³/mol. The first-order chi connectivity index (χ1) is 13.8. The molecule has 1 aliphatic rings.